The first kappa shape index (κ1) is 9.46. The molecule has 0 spiro atoms. The van der Waals surface area contributed by atoms with E-state index in [1.54, 1.807) is 0 Å². The fraction of sp³-hybridized carbons (Fsp3) is 0.333. The fourth-order valence-corrected chi connectivity index (χ4v) is 0.353. The highest BCUT2D eigenvalue weighted by molar-refractivity contribution is 5.95. The summed E-state index contributed by atoms with van der Waals surface area (Å²) < 4.78 is 0. The van der Waals surface area contributed by atoms with Crippen molar-refractivity contribution >= 4 is 11.8 Å². The zero-order chi connectivity index (χ0) is 8.69. The maximum absolute atomic E-state index is 10.5. The smallest absolute Gasteiger partial charge is 0.252 e. The average Bonchev–Trinajstić information content (AvgIpc) is 1.86. The molecule has 2 amide bonds. The summed E-state index contributed by atoms with van der Waals surface area (Å²) in [7, 11) is 0. The van der Waals surface area contributed by atoms with E-state index in [0.29, 0.717) is 0 Å². The molecule has 60 valence electrons. The third kappa shape index (κ3) is 6.34. The molecule has 0 aromatic carbocycles. The lowest BCUT2D eigenvalue weighted by Gasteiger charge is -1.99. The monoisotopic (exact) mass is 156 g/mol. The number of nitrogens with one attached hydrogen (secondary N) is 1. The van der Waals surface area contributed by atoms with Gasteiger partial charge in [-0.25, -0.2) is 5.48 Å². The Labute approximate surface area is 63.8 Å². The predicted octanol–water partition coefficient (Wildman–Crippen LogP) is -1.46. The van der Waals surface area contributed by atoms with E-state index in [0.717, 1.165) is 0 Å². The van der Waals surface area contributed by atoms with Gasteiger partial charge in [0.05, 0.1) is 0 Å². The van der Waals surface area contributed by atoms with E-state index in [-0.39, 0.29) is 6.61 Å². The Morgan fingerprint density at radius 3 is 2.73 bits per heavy atom. The van der Waals surface area contributed by atoms with Crippen molar-refractivity contribution in [3.05, 3.63) is 0 Å². The molecule has 0 aromatic heterocycles. The van der Waals surface area contributed by atoms with Crippen LogP contribution in [-0.4, -0.2) is 18.4 Å². The summed E-state index contributed by atoms with van der Waals surface area (Å²) in [5.41, 5.74) is 6.63. The number of rotatable bonds is 4. The van der Waals surface area contributed by atoms with Crippen LogP contribution < -0.4 is 11.2 Å². The maximum atomic E-state index is 10.5. The Morgan fingerprint density at radius 2 is 2.27 bits per heavy atom. The average molecular weight is 156 g/mol. The van der Waals surface area contributed by atoms with Crippen molar-refractivity contribution < 1.29 is 14.4 Å². The number of hydrogen-bond acceptors (Lipinski definition) is 3. The number of carbonyl (C=O) groups is 2. The van der Waals surface area contributed by atoms with Gasteiger partial charge in [0.15, 0.2) is 0 Å². The molecule has 5 nitrogen and oxygen atoms in total. The van der Waals surface area contributed by atoms with Gasteiger partial charge < -0.3 is 5.73 Å². The highest BCUT2D eigenvalue weighted by Gasteiger charge is 2.03. The third-order valence-corrected chi connectivity index (χ3v) is 0.676. The molecular formula is C6H8N2O3. The highest BCUT2D eigenvalue weighted by Crippen LogP contribution is 1.76. The molecule has 0 aliphatic carbocycles. The summed E-state index contributed by atoms with van der Waals surface area (Å²) in [6.45, 7) is -0.0372. The summed E-state index contributed by atoms with van der Waals surface area (Å²) >= 11 is 0. The Bertz CT molecular complexity index is 194. The van der Waals surface area contributed by atoms with E-state index in [1.807, 2.05) is 5.48 Å². The van der Waals surface area contributed by atoms with E-state index in [2.05, 4.69) is 10.8 Å². The highest BCUT2D eigenvalue weighted by atomic mass is 16.6. The quantitative estimate of drug-likeness (QED) is 0.226. The summed E-state index contributed by atoms with van der Waals surface area (Å²) in [6.07, 6.45) is 4.40. The van der Waals surface area contributed by atoms with Gasteiger partial charge >= 0.3 is 0 Å². The second-order valence-electron chi connectivity index (χ2n) is 1.66. The zero-order valence-electron chi connectivity index (χ0n) is 5.79. The Morgan fingerprint density at radius 1 is 1.64 bits per heavy atom. The Kier molecular flexibility index (Phi) is 4.52. The normalized spacial score (nSPS) is 8.27. The number of primary amides is 1. The molecule has 0 saturated carbocycles. The van der Waals surface area contributed by atoms with Gasteiger partial charge in [-0.05, 0) is 0 Å². The van der Waals surface area contributed by atoms with Gasteiger partial charge in [0.1, 0.15) is 13.0 Å². The van der Waals surface area contributed by atoms with Gasteiger partial charge in [0, 0.05) is 0 Å². The number of carbonyl (C=O) groups excluding carboxylic acids is 2. The maximum Gasteiger partial charge on any atom is 0.252 e. The summed E-state index contributed by atoms with van der Waals surface area (Å²) in [6, 6.07) is 0. The van der Waals surface area contributed by atoms with Crippen molar-refractivity contribution in [3.8, 4) is 12.3 Å². The lowest BCUT2D eigenvalue weighted by molar-refractivity contribution is -0.136. The first-order valence-corrected chi connectivity index (χ1v) is 2.79. The molecule has 11 heavy (non-hydrogen) atoms. The SMILES string of the molecule is C#CCONC(=O)CC(N)=O. The van der Waals surface area contributed by atoms with Gasteiger partial charge in [0.2, 0.25) is 5.91 Å². The number of hydrogen-bond donors (Lipinski definition) is 2. The van der Waals surface area contributed by atoms with Crippen LogP contribution in [0.25, 0.3) is 0 Å². The van der Waals surface area contributed by atoms with Crippen molar-refractivity contribution in [1.29, 1.82) is 0 Å². The molecule has 0 rings (SSSR count). The van der Waals surface area contributed by atoms with Gasteiger partial charge in [-0.15, -0.1) is 6.42 Å². The fourth-order valence-electron chi connectivity index (χ4n) is 0.353. The summed E-state index contributed by atoms with van der Waals surface area (Å²) in [4.78, 5) is 25.0. The first-order valence-electron chi connectivity index (χ1n) is 2.79. The molecule has 0 radical (unpaired) electrons. The van der Waals surface area contributed by atoms with E-state index < -0.39 is 18.2 Å². The van der Waals surface area contributed by atoms with Crippen LogP contribution in [0.3, 0.4) is 0 Å². The van der Waals surface area contributed by atoms with Gasteiger partial charge in [-0.2, -0.15) is 0 Å². The van der Waals surface area contributed by atoms with E-state index in [1.165, 1.54) is 0 Å². The topological polar surface area (TPSA) is 81.4 Å². The molecule has 0 bridgehead atoms. The zero-order valence-corrected chi connectivity index (χ0v) is 5.79. The Hall–Kier alpha value is -1.54. The molecule has 0 aliphatic heterocycles. The lowest BCUT2D eigenvalue weighted by Crippen LogP contribution is -2.28. The minimum absolute atomic E-state index is 0.0372. The van der Waals surface area contributed by atoms with Crippen molar-refractivity contribution in [2.75, 3.05) is 6.61 Å². The number of hydroxylamine groups is 1. The van der Waals surface area contributed by atoms with E-state index in [9.17, 15) is 9.59 Å². The second kappa shape index (κ2) is 5.26. The predicted molar refractivity (Wildman–Crippen MR) is 36.7 cm³/mol. The molecule has 0 fully saturated rings. The Balaban J connectivity index is 3.39. The molecular weight excluding hydrogens is 148 g/mol. The minimum Gasteiger partial charge on any atom is -0.369 e. The van der Waals surface area contributed by atoms with Crippen LogP contribution in [0.1, 0.15) is 6.42 Å². The minimum atomic E-state index is -0.716. The second-order valence-corrected chi connectivity index (χ2v) is 1.66. The van der Waals surface area contributed by atoms with Crippen molar-refractivity contribution in [3.63, 3.8) is 0 Å². The number of terminal acetylenes is 1. The molecule has 0 saturated heterocycles. The molecule has 3 N–H and O–H groups in total. The molecule has 0 atom stereocenters. The van der Waals surface area contributed by atoms with Crippen molar-refractivity contribution in [1.82, 2.24) is 5.48 Å². The standard InChI is InChI=1S/C6H8N2O3/c1-2-3-11-8-6(10)4-5(7)9/h1H,3-4H2,(H2,7,9)(H,8,10). The summed E-state index contributed by atoms with van der Waals surface area (Å²) in [5.74, 6) is 0.803. The van der Waals surface area contributed by atoms with Crippen LogP contribution in [-0.2, 0) is 14.4 Å². The molecule has 0 heterocycles. The van der Waals surface area contributed by atoms with Crippen LogP contribution in [0.15, 0.2) is 0 Å². The van der Waals surface area contributed by atoms with Crippen LogP contribution >= 0.6 is 0 Å². The van der Waals surface area contributed by atoms with E-state index in [4.69, 9.17) is 12.2 Å². The first-order chi connectivity index (χ1) is 5.16. The molecule has 0 aliphatic rings. The molecule has 5 heteroatoms. The molecule has 0 unspecified atom stereocenters. The van der Waals surface area contributed by atoms with Crippen LogP contribution in [0.4, 0.5) is 0 Å². The third-order valence-electron chi connectivity index (χ3n) is 0.676. The van der Waals surface area contributed by atoms with Crippen LogP contribution in [0, 0.1) is 12.3 Å². The number of nitrogens with two attached hydrogens (primary N) is 1. The van der Waals surface area contributed by atoms with Gasteiger partial charge in [-0.3, -0.25) is 14.4 Å². The van der Waals surface area contributed by atoms with Crippen LogP contribution in [0.5, 0.6) is 0 Å². The van der Waals surface area contributed by atoms with Crippen molar-refractivity contribution in [2.24, 2.45) is 5.73 Å². The van der Waals surface area contributed by atoms with E-state index >= 15 is 0 Å². The van der Waals surface area contributed by atoms with Gasteiger partial charge in [-0.1, -0.05) is 5.92 Å². The number of amides is 2. The summed E-state index contributed by atoms with van der Waals surface area (Å²) in [5, 5.41) is 0. The van der Waals surface area contributed by atoms with Gasteiger partial charge in [0.25, 0.3) is 5.91 Å². The largest absolute Gasteiger partial charge is 0.369 e. The lowest BCUT2D eigenvalue weighted by atomic mass is 10.4. The van der Waals surface area contributed by atoms with Crippen LogP contribution in [0.2, 0.25) is 0 Å². The van der Waals surface area contributed by atoms with Crippen molar-refractivity contribution in [2.45, 2.75) is 6.42 Å². The molecule has 0 aromatic rings.